The van der Waals surface area contributed by atoms with E-state index in [0.717, 1.165) is 38.5 Å². The molecule has 1 N–H and O–H groups in total. The van der Waals surface area contributed by atoms with Crippen LogP contribution in [0, 0.1) is 31.6 Å². The lowest BCUT2D eigenvalue weighted by Gasteiger charge is -2.28. The molecule has 160 valence electrons. The molecule has 0 saturated heterocycles. The van der Waals surface area contributed by atoms with Gasteiger partial charge in [0.25, 0.3) is 5.91 Å². The third kappa shape index (κ3) is 3.91. The number of benzene rings is 2. The molecule has 0 aliphatic heterocycles. The Balaban J connectivity index is 1.53. The largest absolute Gasteiger partial charge is 0.349 e. The number of rotatable bonds is 4. The minimum atomic E-state index is 0.00629. The van der Waals surface area contributed by atoms with Crippen molar-refractivity contribution >= 4 is 32.7 Å². The van der Waals surface area contributed by atoms with E-state index in [1.165, 1.54) is 36.8 Å². The van der Waals surface area contributed by atoms with Gasteiger partial charge < -0.3 is 5.32 Å². The fourth-order valence-electron chi connectivity index (χ4n) is 5.92. The number of nitrogens with zero attached hydrogens (tertiary/aromatic N) is 1. The molecule has 1 amide bonds. The number of aromatic nitrogens is 1. The number of amides is 1. The molecular formula is C27H29BrN2O. The molecule has 5 rings (SSSR count). The SMILES string of the molecule is Cc1ccc(-c2cc(C(=O)N[C@H](C)[C@H]3C[C@H]4CC[C@H]3C4)c3cc(Br)ccc3n2)c(C)c1. The lowest BCUT2D eigenvalue weighted by molar-refractivity contribution is 0.0917. The number of fused-ring (bicyclic) bond motifs is 3. The second kappa shape index (κ2) is 8.05. The van der Waals surface area contributed by atoms with Gasteiger partial charge in [-0.25, -0.2) is 4.98 Å². The molecule has 2 fully saturated rings. The van der Waals surface area contributed by atoms with Gasteiger partial charge in [-0.05, 0) is 87.6 Å². The van der Waals surface area contributed by atoms with Crippen LogP contribution in [0.4, 0.5) is 0 Å². The van der Waals surface area contributed by atoms with Crippen molar-refractivity contribution in [1.29, 1.82) is 0 Å². The predicted molar refractivity (Wildman–Crippen MR) is 130 cm³/mol. The second-order valence-corrected chi connectivity index (χ2v) is 10.6. The first kappa shape index (κ1) is 20.7. The molecule has 0 unspecified atom stereocenters. The van der Waals surface area contributed by atoms with Crippen molar-refractivity contribution in [2.24, 2.45) is 17.8 Å². The standard InChI is InChI=1S/C27H29BrN2O/c1-15-4-8-21(16(2)10-15)26-14-24(23-13-20(28)7-9-25(23)30-26)27(31)29-17(3)22-12-18-5-6-19(22)11-18/h4,7-10,13-14,17-19,22H,5-6,11-12H2,1-3H3,(H,29,31)/t17-,18+,19+,22-/m1/s1. The van der Waals surface area contributed by atoms with Crippen LogP contribution < -0.4 is 5.32 Å². The number of nitrogens with one attached hydrogen (secondary N) is 1. The smallest absolute Gasteiger partial charge is 0.252 e. The first-order valence-corrected chi connectivity index (χ1v) is 12.2. The normalized spacial score (nSPS) is 23.3. The molecule has 3 aromatic rings. The van der Waals surface area contributed by atoms with Crippen molar-refractivity contribution in [3.8, 4) is 11.3 Å². The second-order valence-electron chi connectivity index (χ2n) is 9.64. The highest BCUT2D eigenvalue weighted by Crippen LogP contribution is 2.49. The molecule has 2 aliphatic carbocycles. The van der Waals surface area contributed by atoms with E-state index < -0.39 is 0 Å². The van der Waals surface area contributed by atoms with Gasteiger partial charge in [0.2, 0.25) is 0 Å². The Hall–Kier alpha value is -2.20. The zero-order chi connectivity index (χ0) is 21.7. The summed E-state index contributed by atoms with van der Waals surface area (Å²) >= 11 is 3.57. The van der Waals surface area contributed by atoms with E-state index in [1.807, 2.05) is 24.3 Å². The van der Waals surface area contributed by atoms with Crippen molar-refractivity contribution < 1.29 is 4.79 Å². The van der Waals surface area contributed by atoms with Gasteiger partial charge in [0.15, 0.2) is 0 Å². The first-order valence-electron chi connectivity index (χ1n) is 11.4. The predicted octanol–water partition coefficient (Wildman–Crippen LogP) is 6.84. The van der Waals surface area contributed by atoms with Crippen LogP contribution in [0.2, 0.25) is 0 Å². The molecule has 2 aliphatic rings. The molecule has 0 spiro atoms. The van der Waals surface area contributed by atoms with Crippen molar-refractivity contribution in [2.45, 2.75) is 52.5 Å². The topological polar surface area (TPSA) is 42.0 Å². The lowest BCUT2D eigenvalue weighted by Crippen LogP contribution is -2.40. The highest BCUT2D eigenvalue weighted by atomic mass is 79.9. The van der Waals surface area contributed by atoms with Gasteiger partial charge >= 0.3 is 0 Å². The van der Waals surface area contributed by atoms with Crippen LogP contribution in [-0.4, -0.2) is 16.9 Å². The Morgan fingerprint density at radius 2 is 1.94 bits per heavy atom. The number of aryl methyl sites for hydroxylation is 2. The summed E-state index contributed by atoms with van der Waals surface area (Å²) < 4.78 is 0.955. The number of halogens is 1. The number of pyridine rings is 1. The van der Waals surface area contributed by atoms with E-state index in [9.17, 15) is 4.79 Å². The van der Waals surface area contributed by atoms with Gasteiger partial charge in [-0.3, -0.25) is 4.79 Å². The van der Waals surface area contributed by atoms with Crippen molar-refractivity contribution in [3.05, 3.63) is 63.6 Å². The summed E-state index contributed by atoms with van der Waals surface area (Å²) in [4.78, 5) is 18.4. The van der Waals surface area contributed by atoms with Crippen molar-refractivity contribution in [2.75, 3.05) is 0 Å². The molecule has 2 saturated carbocycles. The minimum Gasteiger partial charge on any atom is -0.349 e. The highest BCUT2D eigenvalue weighted by Gasteiger charge is 2.42. The third-order valence-corrected chi connectivity index (χ3v) is 7.96. The van der Waals surface area contributed by atoms with E-state index in [-0.39, 0.29) is 11.9 Å². The monoisotopic (exact) mass is 476 g/mol. The maximum absolute atomic E-state index is 13.5. The van der Waals surface area contributed by atoms with Gasteiger partial charge in [0, 0.05) is 21.5 Å². The molecule has 4 atom stereocenters. The summed E-state index contributed by atoms with van der Waals surface area (Å²) in [6.45, 7) is 6.39. The third-order valence-electron chi connectivity index (χ3n) is 7.47. The lowest BCUT2D eigenvalue weighted by atomic mass is 9.84. The summed E-state index contributed by atoms with van der Waals surface area (Å²) in [6.07, 6.45) is 5.33. The molecular weight excluding hydrogens is 448 g/mol. The molecule has 3 nitrogen and oxygen atoms in total. The van der Waals surface area contributed by atoms with Gasteiger partial charge in [0.05, 0.1) is 16.8 Å². The summed E-state index contributed by atoms with van der Waals surface area (Å²) in [7, 11) is 0. The van der Waals surface area contributed by atoms with Crippen LogP contribution in [0.1, 0.15) is 54.1 Å². The molecule has 1 heterocycles. The van der Waals surface area contributed by atoms with E-state index in [0.29, 0.717) is 11.5 Å². The molecule has 2 aromatic carbocycles. The molecule has 4 heteroatoms. The van der Waals surface area contributed by atoms with E-state index in [4.69, 9.17) is 4.98 Å². The Bertz CT molecular complexity index is 1170. The number of hydrogen-bond acceptors (Lipinski definition) is 2. The number of carbonyl (C=O) groups excluding carboxylic acids is 1. The number of hydrogen-bond donors (Lipinski definition) is 1. The summed E-state index contributed by atoms with van der Waals surface area (Å²) in [5, 5.41) is 4.24. The maximum Gasteiger partial charge on any atom is 0.252 e. The van der Waals surface area contributed by atoms with Crippen molar-refractivity contribution in [3.63, 3.8) is 0 Å². The molecule has 2 bridgehead atoms. The van der Waals surface area contributed by atoms with Crippen LogP contribution in [-0.2, 0) is 0 Å². The van der Waals surface area contributed by atoms with E-state index >= 15 is 0 Å². The Labute approximate surface area is 192 Å². The minimum absolute atomic E-state index is 0.00629. The highest BCUT2D eigenvalue weighted by molar-refractivity contribution is 9.10. The van der Waals surface area contributed by atoms with Crippen LogP contribution in [0.15, 0.2) is 46.9 Å². The van der Waals surface area contributed by atoms with Crippen LogP contribution in [0.25, 0.3) is 22.2 Å². The van der Waals surface area contributed by atoms with Crippen LogP contribution in [0.3, 0.4) is 0 Å². The maximum atomic E-state index is 13.5. The van der Waals surface area contributed by atoms with Crippen LogP contribution >= 0.6 is 15.9 Å². The summed E-state index contributed by atoms with van der Waals surface area (Å²) in [6, 6.07) is 14.5. The fourth-order valence-corrected chi connectivity index (χ4v) is 6.28. The Kier molecular flexibility index (Phi) is 5.37. The molecule has 0 radical (unpaired) electrons. The van der Waals surface area contributed by atoms with Gasteiger partial charge in [-0.2, -0.15) is 0 Å². The average Bonchev–Trinajstić information content (AvgIpc) is 3.37. The van der Waals surface area contributed by atoms with E-state index in [2.05, 4.69) is 60.2 Å². The van der Waals surface area contributed by atoms with Gasteiger partial charge in [-0.1, -0.05) is 46.1 Å². The summed E-state index contributed by atoms with van der Waals surface area (Å²) in [5.41, 5.74) is 5.87. The molecule has 31 heavy (non-hydrogen) atoms. The van der Waals surface area contributed by atoms with Crippen molar-refractivity contribution in [1.82, 2.24) is 10.3 Å². The average molecular weight is 477 g/mol. The molecule has 1 aromatic heterocycles. The van der Waals surface area contributed by atoms with Crippen LogP contribution in [0.5, 0.6) is 0 Å². The first-order chi connectivity index (χ1) is 14.9. The quantitative estimate of drug-likeness (QED) is 0.447. The zero-order valence-electron chi connectivity index (χ0n) is 18.4. The summed E-state index contributed by atoms with van der Waals surface area (Å²) in [5.74, 6) is 2.28. The van der Waals surface area contributed by atoms with E-state index in [1.54, 1.807) is 0 Å². The Morgan fingerprint density at radius 1 is 1.10 bits per heavy atom. The Morgan fingerprint density at radius 3 is 2.65 bits per heavy atom. The fraction of sp³-hybridized carbons (Fsp3) is 0.407. The number of carbonyl (C=O) groups is 1. The van der Waals surface area contributed by atoms with Gasteiger partial charge in [0.1, 0.15) is 0 Å². The van der Waals surface area contributed by atoms with Gasteiger partial charge in [-0.15, -0.1) is 0 Å². The zero-order valence-corrected chi connectivity index (χ0v) is 20.0.